The van der Waals surface area contributed by atoms with Crippen LogP contribution in [0.5, 0.6) is 5.75 Å². The van der Waals surface area contributed by atoms with E-state index in [4.69, 9.17) is 27.9 Å². The molecule has 2 amide bonds. The third-order valence-electron chi connectivity index (χ3n) is 8.04. The number of hydrogen-bond donors (Lipinski definition) is 1. The molecule has 4 rings (SSSR count). The normalized spacial score (nSPS) is 14.4. The van der Waals surface area contributed by atoms with Gasteiger partial charge in [0, 0.05) is 37.0 Å². The number of carbonyl (C=O) groups excluding carboxylic acids is 2. The van der Waals surface area contributed by atoms with E-state index < -0.39 is 16.1 Å². The summed E-state index contributed by atoms with van der Waals surface area (Å²) in [4.78, 5) is 29.7. The summed E-state index contributed by atoms with van der Waals surface area (Å²) < 4.78 is 32.1. The number of methoxy groups -OCH3 is 1. The molecule has 8 nitrogen and oxygen atoms in total. The van der Waals surface area contributed by atoms with Crippen molar-refractivity contribution in [2.75, 3.05) is 24.2 Å². The molecule has 1 unspecified atom stereocenters. The molecule has 1 atom stereocenters. The number of benzene rings is 3. The fraction of sp³-hybridized carbons (Fsp3) is 0.412. The molecule has 0 spiro atoms. The predicted octanol–water partition coefficient (Wildman–Crippen LogP) is 6.64. The predicted molar refractivity (Wildman–Crippen MR) is 180 cm³/mol. The van der Waals surface area contributed by atoms with Crippen molar-refractivity contribution < 1.29 is 22.7 Å². The zero-order valence-corrected chi connectivity index (χ0v) is 28.1. The number of nitrogens with zero attached hydrogens (tertiary/aromatic N) is 2. The minimum atomic E-state index is -3.73. The van der Waals surface area contributed by atoms with E-state index in [1.54, 1.807) is 18.1 Å². The Labute approximate surface area is 276 Å². The monoisotopic (exact) mass is 673 g/mol. The van der Waals surface area contributed by atoms with E-state index in [2.05, 4.69) is 5.32 Å². The number of sulfonamides is 1. The third-order valence-corrected chi connectivity index (χ3v) is 9.77. The van der Waals surface area contributed by atoms with Crippen molar-refractivity contribution in [3.8, 4) is 5.75 Å². The SMILES string of the molecule is COc1cccc(CN(C(=O)CCCN(c2cc(Cl)ccc2Cl)S(C)(=O)=O)C(Cc2ccccc2)C(=O)NC2CCCCC2)c1. The maximum absolute atomic E-state index is 14.1. The van der Waals surface area contributed by atoms with Gasteiger partial charge in [0.05, 0.1) is 24.1 Å². The van der Waals surface area contributed by atoms with Gasteiger partial charge in [0.25, 0.3) is 0 Å². The highest BCUT2D eigenvalue weighted by atomic mass is 35.5. The Balaban J connectivity index is 1.62. The summed E-state index contributed by atoms with van der Waals surface area (Å²) in [5, 5.41) is 3.82. The first-order valence-corrected chi connectivity index (χ1v) is 17.8. The smallest absolute Gasteiger partial charge is 0.243 e. The fourth-order valence-electron chi connectivity index (χ4n) is 5.73. The first-order valence-electron chi connectivity index (χ1n) is 15.2. The van der Waals surface area contributed by atoms with Crippen LogP contribution in [-0.2, 0) is 32.6 Å². The molecule has 242 valence electrons. The molecule has 0 aliphatic heterocycles. The number of ether oxygens (including phenoxy) is 1. The Morgan fingerprint density at radius 2 is 1.67 bits per heavy atom. The van der Waals surface area contributed by atoms with Crippen LogP contribution in [0.25, 0.3) is 0 Å². The van der Waals surface area contributed by atoms with Gasteiger partial charge in [-0.05, 0) is 60.7 Å². The van der Waals surface area contributed by atoms with Gasteiger partial charge in [-0.1, -0.05) is 84.9 Å². The lowest BCUT2D eigenvalue weighted by Gasteiger charge is -2.34. The van der Waals surface area contributed by atoms with Crippen molar-refractivity contribution in [2.24, 2.45) is 0 Å². The highest BCUT2D eigenvalue weighted by molar-refractivity contribution is 7.92. The number of hydrogen-bond acceptors (Lipinski definition) is 5. The maximum Gasteiger partial charge on any atom is 0.243 e. The third kappa shape index (κ3) is 10.1. The van der Waals surface area contributed by atoms with Crippen molar-refractivity contribution in [3.05, 3.63) is 94.0 Å². The van der Waals surface area contributed by atoms with Gasteiger partial charge in [-0.2, -0.15) is 0 Å². The largest absolute Gasteiger partial charge is 0.497 e. The van der Waals surface area contributed by atoms with Gasteiger partial charge < -0.3 is 15.0 Å². The van der Waals surface area contributed by atoms with Gasteiger partial charge in [-0.25, -0.2) is 8.42 Å². The minimum absolute atomic E-state index is 0.00918. The number of rotatable bonds is 14. The van der Waals surface area contributed by atoms with Crippen LogP contribution in [-0.4, -0.2) is 57.1 Å². The van der Waals surface area contributed by atoms with E-state index in [1.165, 1.54) is 12.1 Å². The fourth-order valence-corrected chi connectivity index (χ4v) is 7.13. The van der Waals surface area contributed by atoms with Gasteiger partial charge in [0.15, 0.2) is 0 Å². The molecule has 1 saturated carbocycles. The van der Waals surface area contributed by atoms with Gasteiger partial charge in [0.2, 0.25) is 21.8 Å². The molecular weight excluding hydrogens is 633 g/mol. The number of amides is 2. The van der Waals surface area contributed by atoms with E-state index in [1.807, 2.05) is 54.6 Å². The average molecular weight is 675 g/mol. The minimum Gasteiger partial charge on any atom is -0.497 e. The van der Waals surface area contributed by atoms with E-state index in [-0.39, 0.29) is 54.5 Å². The molecule has 3 aromatic carbocycles. The molecule has 1 fully saturated rings. The molecule has 0 aromatic heterocycles. The molecule has 1 N–H and O–H groups in total. The number of nitrogens with one attached hydrogen (secondary N) is 1. The summed E-state index contributed by atoms with van der Waals surface area (Å²) in [5.74, 6) is 0.196. The molecule has 1 aliphatic carbocycles. The molecule has 0 saturated heterocycles. The summed E-state index contributed by atoms with van der Waals surface area (Å²) in [6, 6.07) is 21.0. The van der Waals surface area contributed by atoms with Crippen LogP contribution in [0.15, 0.2) is 72.8 Å². The highest BCUT2D eigenvalue weighted by Gasteiger charge is 2.32. The molecule has 3 aromatic rings. The lowest BCUT2D eigenvalue weighted by Crippen LogP contribution is -2.52. The Morgan fingerprint density at radius 1 is 0.956 bits per heavy atom. The topological polar surface area (TPSA) is 96.0 Å². The highest BCUT2D eigenvalue weighted by Crippen LogP contribution is 2.31. The van der Waals surface area contributed by atoms with Crippen LogP contribution in [0.1, 0.15) is 56.1 Å². The molecule has 0 bridgehead atoms. The number of anilines is 1. The summed E-state index contributed by atoms with van der Waals surface area (Å²) in [6.45, 7) is 0.191. The lowest BCUT2D eigenvalue weighted by atomic mass is 9.94. The van der Waals surface area contributed by atoms with Crippen LogP contribution in [0, 0.1) is 0 Å². The molecular formula is C34H41Cl2N3O5S. The Kier molecular flexibility index (Phi) is 12.6. The number of halogens is 2. The molecule has 0 radical (unpaired) electrons. The maximum atomic E-state index is 14.1. The van der Waals surface area contributed by atoms with Crippen molar-refractivity contribution in [1.82, 2.24) is 10.2 Å². The summed E-state index contributed by atoms with van der Waals surface area (Å²) in [5.41, 5.74) is 2.00. The standard InChI is InChI=1S/C34H41Cl2N3O5S/c1-44-29-16-9-13-26(21-29)24-38(32(22-25-11-5-3-6-12-25)34(41)37-28-14-7-4-8-15-28)33(40)17-10-20-39(45(2,42)43)31-23-27(35)18-19-30(31)36/h3,5-6,9,11-13,16,18-19,21,23,28,32H,4,7-8,10,14-15,17,20,22,24H2,1-2H3,(H,37,41). The summed E-state index contributed by atoms with van der Waals surface area (Å²) in [7, 11) is -2.15. The van der Waals surface area contributed by atoms with Gasteiger partial charge in [0.1, 0.15) is 11.8 Å². The Morgan fingerprint density at radius 3 is 2.36 bits per heavy atom. The second-order valence-corrected chi connectivity index (χ2v) is 14.2. The van der Waals surface area contributed by atoms with E-state index in [0.29, 0.717) is 17.2 Å². The molecule has 0 heterocycles. The molecule has 1 aliphatic rings. The van der Waals surface area contributed by atoms with Gasteiger partial charge in [-0.3, -0.25) is 13.9 Å². The van der Waals surface area contributed by atoms with E-state index >= 15 is 0 Å². The summed E-state index contributed by atoms with van der Waals surface area (Å²) >= 11 is 12.5. The second-order valence-electron chi connectivity index (χ2n) is 11.5. The van der Waals surface area contributed by atoms with Crippen molar-refractivity contribution in [1.29, 1.82) is 0 Å². The van der Waals surface area contributed by atoms with Crippen LogP contribution in [0.4, 0.5) is 5.69 Å². The molecule has 11 heteroatoms. The van der Waals surface area contributed by atoms with E-state index in [0.717, 1.165) is 53.8 Å². The van der Waals surface area contributed by atoms with Gasteiger partial charge >= 0.3 is 0 Å². The van der Waals surface area contributed by atoms with E-state index in [9.17, 15) is 18.0 Å². The van der Waals surface area contributed by atoms with Crippen LogP contribution in [0.2, 0.25) is 10.0 Å². The summed E-state index contributed by atoms with van der Waals surface area (Å²) in [6.07, 6.45) is 6.76. The quantitative estimate of drug-likeness (QED) is 0.207. The van der Waals surface area contributed by atoms with Crippen LogP contribution < -0.4 is 14.4 Å². The Hall–Kier alpha value is -3.27. The zero-order valence-electron chi connectivity index (χ0n) is 25.8. The van der Waals surface area contributed by atoms with Crippen molar-refractivity contribution >= 4 is 50.7 Å². The van der Waals surface area contributed by atoms with Gasteiger partial charge in [-0.15, -0.1) is 0 Å². The lowest BCUT2D eigenvalue weighted by molar-refractivity contribution is -0.141. The average Bonchev–Trinajstić information content (AvgIpc) is 3.02. The first kappa shape index (κ1) is 34.6. The van der Waals surface area contributed by atoms with Crippen LogP contribution in [0.3, 0.4) is 0 Å². The first-order chi connectivity index (χ1) is 21.5. The van der Waals surface area contributed by atoms with Crippen LogP contribution >= 0.6 is 23.2 Å². The molecule has 45 heavy (non-hydrogen) atoms. The Bertz CT molecular complexity index is 1550. The second kappa shape index (κ2) is 16.3. The van der Waals surface area contributed by atoms with Crippen molar-refractivity contribution in [2.45, 2.75) is 70.0 Å². The zero-order chi connectivity index (χ0) is 32.4. The number of carbonyl (C=O) groups is 2. The van der Waals surface area contributed by atoms with Crippen molar-refractivity contribution in [3.63, 3.8) is 0 Å².